The van der Waals surface area contributed by atoms with Gasteiger partial charge < -0.3 is 33.8 Å². The number of phosphoric acid groups is 2. The summed E-state index contributed by atoms with van der Waals surface area (Å²) in [5.74, 6) is -2.19. The highest BCUT2D eigenvalue weighted by atomic mass is 31.2. The van der Waals surface area contributed by atoms with Crippen molar-refractivity contribution in [3.8, 4) is 0 Å². The highest BCUT2D eigenvalue weighted by Crippen LogP contribution is 2.45. The Morgan fingerprint density at radius 3 is 0.776 bits per heavy atom. The third-order valence-corrected chi connectivity index (χ3v) is 18.9. The van der Waals surface area contributed by atoms with E-state index in [1.54, 1.807) is 0 Å². The third-order valence-electron chi connectivity index (χ3n) is 17.0. The summed E-state index contributed by atoms with van der Waals surface area (Å²) in [4.78, 5) is 72.9. The zero-order valence-corrected chi connectivity index (χ0v) is 64.3. The number of esters is 4. The van der Waals surface area contributed by atoms with Crippen molar-refractivity contribution in [2.24, 2.45) is 0 Å². The Balaban J connectivity index is 5.35. The number of aliphatic hydroxyl groups is 1. The Bertz CT molecular complexity index is 2100. The van der Waals surface area contributed by atoms with Gasteiger partial charge in [-0.15, -0.1) is 0 Å². The van der Waals surface area contributed by atoms with Crippen molar-refractivity contribution < 1.29 is 80.2 Å². The monoisotopic (exact) mass is 1430 g/mol. The van der Waals surface area contributed by atoms with E-state index >= 15 is 0 Å². The Morgan fingerprint density at radius 1 is 0.286 bits per heavy atom. The van der Waals surface area contributed by atoms with Gasteiger partial charge in [0.15, 0.2) is 12.2 Å². The van der Waals surface area contributed by atoms with Crippen molar-refractivity contribution >= 4 is 39.5 Å². The molecule has 0 saturated heterocycles. The van der Waals surface area contributed by atoms with Crippen LogP contribution in [-0.2, 0) is 65.4 Å². The number of unbranched alkanes of at least 4 members (excludes halogenated alkanes) is 40. The van der Waals surface area contributed by atoms with Crippen LogP contribution in [0.1, 0.15) is 362 Å². The van der Waals surface area contributed by atoms with Gasteiger partial charge in [0.25, 0.3) is 0 Å². The number of phosphoric ester groups is 2. The molecule has 0 aliphatic carbocycles. The minimum Gasteiger partial charge on any atom is -0.462 e. The lowest BCUT2D eigenvalue weighted by Gasteiger charge is -2.21. The normalized spacial score (nSPS) is 14.2. The summed E-state index contributed by atoms with van der Waals surface area (Å²) in [5.41, 5.74) is 0. The summed E-state index contributed by atoms with van der Waals surface area (Å²) in [6, 6.07) is 0. The standard InChI is InChI=1S/C79H144O17P2/c1-5-9-13-17-21-25-29-33-36-40-44-48-52-56-60-64-77(82)90-70-75(96-79(84)66-62-58-54-50-46-42-38-35-31-27-23-19-15-11-7-3)72-94-98(87,88)92-68-73(80)67-91-97(85,86)93-71-74(69-89-76(81)63-59-55-51-47-43-39-32-28-24-20-16-12-8-4)95-78(83)65-61-57-53-49-45-41-37-34-30-26-22-18-14-10-6-2/h27-28,31-38,73-75,80H,5-26,29-30,39-72H2,1-4H3,(H,85,86)(H,87,88)/b31-27-,32-28-,36-33-,37-34-,38-35-/t73-,74-,75-/m1/s1. The van der Waals surface area contributed by atoms with Crippen LogP contribution in [0.25, 0.3) is 0 Å². The van der Waals surface area contributed by atoms with Crippen LogP contribution in [0.15, 0.2) is 60.8 Å². The predicted molar refractivity (Wildman–Crippen MR) is 400 cm³/mol. The molecule has 19 heteroatoms. The number of carbonyl (C=O) groups excluding carboxylic acids is 4. The summed E-state index contributed by atoms with van der Waals surface area (Å²) in [5, 5.41) is 10.6. The first-order valence-electron chi connectivity index (χ1n) is 39.5. The molecule has 98 heavy (non-hydrogen) atoms. The second kappa shape index (κ2) is 72.1. The quantitative estimate of drug-likeness (QED) is 0.0128. The van der Waals surface area contributed by atoms with Crippen molar-refractivity contribution in [1.82, 2.24) is 0 Å². The zero-order chi connectivity index (χ0) is 71.8. The third kappa shape index (κ3) is 71.2. The number of aliphatic hydroxyl groups excluding tert-OH is 1. The summed E-state index contributed by atoms with van der Waals surface area (Å²) in [6.45, 7) is 4.84. The van der Waals surface area contributed by atoms with E-state index in [1.807, 2.05) is 0 Å². The summed E-state index contributed by atoms with van der Waals surface area (Å²) in [7, 11) is -9.95. The SMILES string of the molecule is CCCCCC/C=C\C=C/CCCCCCCC(=O)O[C@H](COC(=O)CCCCCCC/C=C\CCCCCCCC)COP(=O)(O)OC[C@H](O)COP(=O)(O)OC[C@@H](COC(=O)CCCCCCC/C=C\CCCCCC)OC(=O)CCCCCCC/C=C\CCCCCCCC. The lowest BCUT2D eigenvalue weighted by Crippen LogP contribution is -2.30. The van der Waals surface area contributed by atoms with Gasteiger partial charge in [0.1, 0.15) is 19.3 Å². The molecule has 0 radical (unpaired) electrons. The summed E-state index contributed by atoms with van der Waals surface area (Å²) >= 11 is 0. The molecule has 0 amide bonds. The maximum absolute atomic E-state index is 13.1. The number of carbonyl (C=O) groups is 4. The smallest absolute Gasteiger partial charge is 0.462 e. The molecule has 0 aromatic heterocycles. The van der Waals surface area contributed by atoms with Gasteiger partial charge in [-0.3, -0.25) is 37.3 Å². The Hall–Kier alpha value is -3.24. The number of hydrogen-bond donors (Lipinski definition) is 3. The Kier molecular flexibility index (Phi) is 69.7. The second-order valence-corrected chi connectivity index (χ2v) is 29.6. The molecule has 0 aliphatic heterocycles. The molecule has 17 nitrogen and oxygen atoms in total. The summed E-state index contributed by atoms with van der Waals surface area (Å²) in [6.07, 6.45) is 70.5. The van der Waals surface area contributed by atoms with Crippen LogP contribution in [0.3, 0.4) is 0 Å². The van der Waals surface area contributed by atoms with Gasteiger partial charge in [0.05, 0.1) is 26.4 Å². The van der Waals surface area contributed by atoms with Crippen LogP contribution in [0.5, 0.6) is 0 Å². The fourth-order valence-electron chi connectivity index (χ4n) is 10.8. The maximum atomic E-state index is 13.1. The second-order valence-electron chi connectivity index (χ2n) is 26.7. The van der Waals surface area contributed by atoms with E-state index in [0.717, 1.165) is 154 Å². The molecule has 0 spiro atoms. The molecule has 0 bridgehead atoms. The van der Waals surface area contributed by atoms with Crippen molar-refractivity contribution in [2.75, 3.05) is 39.6 Å². The lowest BCUT2D eigenvalue weighted by atomic mass is 10.1. The molecule has 0 fully saturated rings. The van der Waals surface area contributed by atoms with E-state index in [-0.39, 0.29) is 25.7 Å². The molecule has 0 heterocycles. The molecule has 3 N–H and O–H groups in total. The van der Waals surface area contributed by atoms with Crippen LogP contribution < -0.4 is 0 Å². The fraction of sp³-hybridized carbons (Fsp3) is 0.823. The van der Waals surface area contributed by atoms with Crippen LogP contribution >= 0.6 is 15.6 Å². The van der Waals surface area contributed by atoms with E-state index in [0.29, 0.717) is 25.7 Å². The van der Waals surface area contributed by atoms with Gasteiger partial charge in [-0.05, 0) is 128 Å². The van der Waals surface area contributed by atoms with Gasteiger partial charge >= 0.3 is 39.5 Å². The van der Waals surface area contributed by atoms with Crippen LogP contribution in [-0.4, -0.2) is 96.7 Å². The highest BCUT2D eigenvalue weighted by molar-refractivity contribution is 7.47. The van der Waals surface area contributed by atoms with Gasteiger partial charge in [-0.25, -0.2) is 9.13 Å². The van der Waals surface area contributed by atoms with Gasteiger partial charge in [0, 0.05) is 25.7 Å². The largest absolute Gasteiger partial charge is 0.472 e. The number of allylic oxidation sites excluding steroid dienone is 10. The van der Waals surface area contributed by atoms with Crippen LogP contribution in [0.4, 0.5) is 0 Å². The van der Waals surface area contributed by atoms with Gasteiger partial charge in [0.2, 0.25) is 0 Å². The molecular formula is C79H144O17P2. The molecular weight excluding hydrogens is 1280 g/mol. The van der Waals surface area contributed by atoms with E-state index in [9.17, 15) is 43.2 Å². The maximum Gasteiger partial charge on any atom is 0.472 e. The average molecular weight is 1430 g/mol. The molecule has 0 aliphatic rings. The predicted octanol–water partition coefficient (Wildman–Crippen LogP) is 22.7. The Morgan fingerprint density at radius 2 is 0.500 bits per heavy atom. The topological polar surface area (TPSA) is 237 Å². The molecule has 0 rings (SSSR count). The Labute approximate surface area is 597 Å². The number of rotatable bonds is 75. The van der Waals surface area contributed by atoms with Crippen molar-refractivity contribution in [3.63, 3.8) is 0 Å². The van der Waals surface area contributed by atoms with Crippen molar-refractivity contribution in [3.05, 3.63) is 60.8 Å². The van der Waals surface area contributed by atoms with Crippen LogP contribution in [0.2, 0.25) is 0 Å². The number of ether oxygens (including phenoxy) is 4. The first-order chi connectivity index (χ1) is 47.7. The van der Waals surface area contributed by atoms with E-state index in [2.05, 4.69) is 88.5 Å². The molecule has 0 saturated carbocycles. The van der Waals surface area contributed by atoms with Gasteiger partial charge in [-0.2, -0.15) is 0 Å². The first-order valence-corrected chi connectivity index (χ1v) is 42.5. The van der Waals surface area contributed by atoms with Crippen molar-refractivity contribution in [1.29, 1.82) is 0 Å². The first kappa shape index (κ1) is 94.8. The molecule has 0 aromatic rings. The zero-order valence-electron chi connectivity index (χ0n) is 62.5. The average Bonchev–Trinajstić information content (AvgIpc) is 1.04. The highest BCUT2D eigenvalue weighted by Gasteiger charge is 2.30. The molecule has 572 valence electrons. The van der Waals surface area contributed by atoms with Crippen molar-refractivity contribution in [2.45, 2.75) is 380 Å². The van der Waals surface area contributed by atoms with E-state index in [1.165, 1.54) is 128 Å². The minimum absolute atomic E-state index is 0.0792. The minimum atomic E-state index is -4.98. The molecule has 2 unspecified atom stereocenters. The van der Waals surface area contributed by atoms with Gasteiger partial charge in [-0.1, -0.05) is 268 Å². The van der Waals surface area contributed by atoms with Crippen LogP contribution in [0, 0.1) is 0 Å². The summed E-state index contributed by atoms with van der Waals surface area (Å²) < 4.78 is 68.5. The molecule has 0 aromatic carbocycles. The molecule has 5 atom stereocenters. The van der Waals surface area contributed by atoms with E-state index < -0.39 is 97.5 Å². The lowest BCUT2D eigenvalue weighted by molar-refractivity contribution is -0.161. The fourth-order valence-corrected chi connectivity index (χ4v) is 12.4. The van der Waals surface area contributed by atoms with E-state index in [4.69, 9.17) is 37.0 Å². The number of hydrogen-bond acceptors (Lipinski definition) is 15.